The Morgan fingerprint density at radius 3 is 2.89 bits per heavy atom. The lowest BCUT2D eigenvalue weighted by Crippen LogP contribution is -2.35. The summed E-state index contributed by atoms with van der Waals surface area (Å²) in [6, 6.07) is 9.05. The van der Waals surface area contributed by atoms with Gasteiger partial charge in [0.15, 0.2) is 0 Å². The van der Waals surface area contributed by atoms with Gasteiger partial charge in [0.05, 0.1) is 0 Å². The van der Waals surface area contributed by atoms with Crippen molar-refractivity contribution in [1.82, 2.24) is 10.6 Å². The van der Waals surface area contributed by atoms with E-state index in [1.54, 1.807) is 0 Å². The Kier molecular flexibility index (Phi) is 4.09. The first-order valence-corrected chi connectivity index (χ1v) is 8.06. The number of amides is 1. The lowest BCUT2D eigenvalue weighted by Gasteiger charge is -2.26. The van der Waals surface area contributed by atoms with Crippen molar-refractivity contribution in [3.8, 4) is 0 Å². The van der Waals surface area contributed by atoms with Gasteiger partial charge in [-0.1, -0.05) is 18.2 Å². The highest BCUT2D eigenvalue weighted by atomic mass is 32.2. The monoisotopic (exact) mass is 276 g/mol. The summed E-state index contributed by atoms with van der Waals surface area (Å²) >= 11 is 1.94. The van der Waals surface area contributed by atoms with Crippen LogP contribution in [0.1, 0.15) is 30.9 Å². The van der Waals surface area contributed by atoms with E-state index in [4.69, 9.17) is 0 Å². The summed E-state index contributed by atoms with van der Waals surface area (Å²) in [7, 11) is 0. The molecule has 0 radical (unpaired) electrons. The quantitative estimate of drug-likeness (QED) is 0.811. The van der Waals surface area contributed by atoms with Crippen LogP contribution in [0.25, 0.3) is 0 Å². The zero-order valence-electron chi connectivity index (χ0n) is 11.0. The Balaban J connectivity index is 1.46. The van der Waals surface area contributed by atoms with E-state index < -0.39 is 0 Å². The molecule has 1 saturated carbocycles. The number of thioether (sulfide) groups is 1. The van der Waals surface area contributed by atoms with Crippen molar-refractivity contribution >= 4 is 17.7 Å². The van der Waals surface area contributed by atoms with E-state index in [1.807, 2.05) is 11.8 Å². The third-order valence-corrected chi connectivity index (χ3v) is 4.84. The number of carbonyl (C=O) groups excluding carboxylic acids is 1. The average Bonchev–Trinajstić information content (AvgIpc) is 3.28. The molecule has 1 atom stereocenters. The van der Waals surface area contributed by atoms with Gasteiger partial charge in [-0.2, -0.15) is 0 Å². The molecule has 0 bridgehead atoms. The number of nitrogens with one attached hydrogen (secondary N) is 2. The van der Waals surface area contributed by atoms with Gasteiger partial charge in [-0.25, -0.2) is 0 Å². The fraction of sp³-hybridized carbons (Fsp3) is 0.533. The first kappa shape index (κ1) is 13.0. The largest absolute Gasteiger partial charge is 0.355 e. The molecule has 1 aliphatic carbocycles. The lowest BCUT2D eigenvalue weighted by molar-refractivity contribution is -0.122. The summed E-state index contributed by atoms with van der Waals surface area (Å²) in [5, 5.41) is 6.57. The fourth-order valence-electron chi connectivity index (χ4n) is 2.48. The summed E-state index contributed by atoms with van der Waals surface area (Å²) in [4.78, 5) is 12.9. The van der Waals surface area contributed by atoms with Crippen LogP contribution < -0.4 is 10.6 Å². The first-order chi connectivity index (χ1) is 9.34. The van der Waals surface area contributed by atoms with Crippen LogP contribution in [0.15, 0.2) is 29.2 Å². The highest BCUT2D eigenvalue weighted by Gasteiger charge is 2.29. The minimum Gasteiger partial charge on any atom is -0.355 e. The second-order valence-electron chi connectivity index (χ2n) is 5.25. The molecule has 1 unspecified atom stereocenters. The average molecular weight is 276 g/mol. The van der Waals surface area contributed by atoms with E-state index in [-0.39, 0.29) is 5.91 Å². The maximum Gasteiger partial charge on any atom is 0.223 e. The maximum atomic E-state index is 11.5. The number of hydrogen-bond donors (Lipinski definition) is 2. The van der Waals surface area contributed by atoms with Gasteiger partial charge in [0.2, 0.25) is 5.91 Å². The highest BCUT2D eigenvalue weighted by molar-refractivity contribution is 7.99. The standard InChI is InChI=1S/C15H20N2OS/c18-15(11-5-6-11)17-9-8-16-13-7-10-19-14-4-2-1-3-12(13)14/h1-4,11,13,16H,5-10H2,(H,17,18). The molecule has 3 rings (SSSR count). The molecule has 1 heterocycles. The summed E-state index contributed by atoms with van der Waals surface area (Å²) in [5.41, 5.74) is 1.41. The zero-order valence-corrected chi connectivity index (χ0v) is 11.8. The van der Waals surface area contributed by atoms with Crippen molar-refractivity contribution in [3.63, 3.8) is 0 Å². The third-order valence-electron chi connectivity index (χ3n) is 3.72. The van der Waals surface area contributed by atoms with Crippen LogP contribution in [-0.4, -0.2) is 24.7 Å². The SMILES string of the molecule is O=C(NCCNC1CCSc2ccccc21)C1CC1. The molecular weight excluding hydrogens is 256 g/mol. The van der Waals surface area contributed by atoms with E-state index in [0.717, 1.165) is 32.4 Å². The maximum absolute atomic E-state index is 11.5. The molecule has 1 amide bonds. The predicted octanol–water partition coefficient (Wildman–Crippen LogP) is 2.34. The number of carbonyl (C=O) groups is 1. The lowest BCUT2D eigenvalue weighted by atomic mass is 10.0. The third kappa shape index (κ3) is 3.31. The topological polar surface area (TPSA) is 41.1 Å². The fourth-order valence-corrected chi connectivity index (χ4v) is 3.60. The van der Waals surface area contributed by atoms with Crippen LogP contribution >= 0.6 is 11.8 Å². The van der Waals surface area contributed by atoms with Crippen molar-refractivity contribution in [2.45, 2.75) is 30.2 Å². The first-order valence-electron chi connectivity index (χ1n) is 7.07. The Morgan fingerprint density at radius 2 is 2.05 bits per heavy atom. The van der Waals surface area contributed by atoms with E-state index in [9.17, 15) is 4.79 Å². The smallest absolute Gasteiger partial charge is 0.223 e. The minimum atomic E-state index is 0.237. The van der Waals surface area contributed by atoms with Crippen LogP contribution in [0.4, 0.5) is 0 Å². The highest BCUT2D eigenvalue weighted by Crippen LogP contribution is 2.35. The second kappa shape index (κ2) is 5.97. The zero-order chi connectivity index (χ0) is 13.1. The number of benzene rings is 1. The van der Waals surface area contributed by atoms with Crippen molar-refractivity contribution < 1.29 is 4.79 Å². The number of hydrogen-bond acceptors (Lipinski definition) is 3. The molecule has 19 heavy (non-hydrogen) atoms. The summed E-state index contributed by atoms with van der Waals surface area (Å²) in [6.45, 7) is 1.59. The van der Waals surface area contributed by atoms with Crippen molar-refractivity contribution in [3.05, 3.63) is 29.8 Å². The van der Waals surface area contributed by atoms with E-state index in [0.29, 0.717) is 12.0 Å². The number of rotatable bonds is 5. The summed E-state index contributed by atoms with van der Waals surface area (Å²) in [6.07, 6.45) is 3.32. The van der Waals surface area contributed by atoms with Gasteiger partial charge in [-0.05, 0) is 36.6 Å². The normalized spacial score (nSPS) is 21.8. The molecule has 0 saturated heterocycles. The molecule has 0 aromatic heterocycles. The molecule has 102 valence electrons. The van der Waals surface area contributed by atoms with Crippen LogP contribution in [-0.2, 0) is 4.79 Å². The molecule has 1 aromatic carbocycles. The van der Waals surface area contributed by atoms with Crippen LogP contribution in [0, 0.1) is 5.92 Å². The summed E-state index contributed by atoms with van der Waals surface area (Å²) in [5.74, 6) is 1.72. The van der Waals surface area contributed by atoms with Gasteiger partial charge >= 0.3 is 0 Å². The van der Waals surface area contributed by atoms with Crippen LogP contribution in [0.5, 0.6) is 0 Å². The van der Waals surface area contributed by atoms with Gasteiger partial charge in [0, 0.05) is 29.9 Å². The Morgan fingerprint density at radius 1 is 1.21 bits per heavy atom. The molecule has 2 aliphatic rings. The van der Waals surface area contributed by atoms with Gasteiger partial charge in [-0.15, -0.1) is 11.8 Å². The molecular formula is C15H20N2OS. The van der Waals surface area contributed by atoms with Crippen molar-refractivity contribution in [2.75, 3.05) is 18.8 Å². The van der Waals surface area contributed by atoms with Gasteiger partial charge in [0.1, 0.15) is 0 Å². The second-order valence-corrected chi connectivity index (χ2v) is 6.38. The molecule has 0 spiro atoms. The van der Waals surface area contributed by atoms with E-state index in [2.05, 4.69) is 34.9 Å². The molecule has 3 nitrogen and oxygen atoms in total. The number of fused-ring (bicyclic) bond motifs is 1. The Bertz CT molecular complexity index is 459. The Labute approximate surface area is 118 Å². The molecule has 1 aromatic rings. The van der Waals surface area contributed by atoms with Gasteiger partial charge < -0.3 is 10.6 Å². The van der Waals surface area contributed by atoms with E-state index >= 15 is 0 Å². The summed E-state index contributed by atoms with van der Waals surface area (Å²) < 4.78 is 0. The molecule has 1 fully saturated rings. The van der Waals surface area contributed by atoms with E-state index in [1.165, 1.54) is 16.2 Å². The van der Waals surface area contributed by atoms with Gasteiger partial charge in [0.25, 0.3) is 0 Å². The van der Waals surface area contributed by atoms with Crippen molar-refractivity contribution in [2.24, 2.45) is 5.92 Å². The van der Waals surface area contributed by atoms with Crippen molar-refractivity contribution in [1.29, 1.82) is 0 Å². The molecule has 2 N–H and O–H groups in total. The predicted molar refractivity (Wildman–Crippen MR) is 78.3 cm³/mol. The molecule has 1 aliphatic heterocycles. The van der Waals surface area contributed by atoms with Gasteiger partial charge in [-0.3, -0.25) is 4.79 Å². The Hall–Kier alpha value is -1.00. The van der Waals surface area contributed by atoms with Crippen LogP contribution in [0.2, 0.25) is 0 Å². The molecule has 4 heteroatoms. The van der Waals surface area contributed by atoms with Crippen LogP contribution in [0.3, 0.4) is 0 Å². The minimum absolute atomic E-state index is 0.237.